The van der Waals surface area contributed by atoms with Crippen LogP contribution < -0.4 is 0 Å². The predicted molar refractivity (Wildman–Crippen MR) is 52.8 cm³/mol. The summed E-state index contributed by atoms with van der Waals surface area (Å²) in [5.74, 6) is -1.02. The van der Waals surface area contributed by atoms with Gasteiger partial charge in [-0.2, -0.15) is 5.10 Å². The molecule has 0 aliphatic rings. The van der Waals surface area contributed by atoms with E-state index in [9.17, 15) is 4.79 Å². The van der Waals surface area contributed by atoms with Gasteiger partial charge in [0.2, 0.25) is 0 Å². The van der Waals surface area contributed by atoms with Gasteiger partial charge in [-0.1, -0.05) is 6.07 Å². The number of aromatic nitrogens is 2. The molecule has 2 rings (SSSR count). The summed E-state index contributed by atoms with van der Waals surface area (Å²) >= 11 is 0. The summed E-state index contributed by atoms with van der Waals surface area (Å²) in [6.45, 7) is 1.44. The smallest absolute Gasteiger partial charge is 0.339 e. The van der Waals surface area contributed by atoms with Crippen LogP contribution in [0.2, 0.25) is 0 Å². The van der Waals surface area contributed by atoms with E-state index in [2.05, 4.69) is 5.10 Å². The van der Waals surface area contributed by atoms with Crippen LogP contribution in [0.3, 0.4) is 0 Å². The molecule has 2 aromatic rings. The molecule has 0 atom stereocenters. The fourth-order valence-corrected chi connectivity index (χ4v) is 1.67. The number of nitrogens with zero attached hydrogens (tertiary/aromatic N) is 2. The molecule has 15 heavy (non-hydrogen) atoms. The number of aliphatic hydroxyl groups is 1. The molecule has 0 spiro atoms. The van der Waals surface area contributed by atoms with E-state index < -0.39 is 5.97 Å². The van der Waals surface area contributed by atoms with Crippen LogP contribution in [0.15, 0.2) is 18.3 Å². The molecule has 0 fully saturated rings. The predicted octanol–water partition coefficient (Wildman–Crippen LogP) is 0.833. The van der Waals surface area contributed by atoms with Gasteiger partial charge in [-0.15, -0.1) is 0 Å². The maximum absolute atomic E-state index is 11.0. The third kappa shape index (κ3) is 1.37. The second-order valence-corrected chi connectivity index (χ2v) is 3.25. The Bertz CT molecular complexity index is 531. The Hall–Kier alpha value is -1.88. The molecule has 0 bridgehead atoms. The maximum atomic E-state index is 11.0. The molecule has 0 saturated heterocycles. The summed E-state index contributed by atoms with van der Waals surface area (Å²) in [7, 11) is 0. The van der Waals surface area contributed by atoms with Crippen LogP contribution in [0, 0.1) is 6.92 Å². The van der Waals surface area contributed by atoms with Crippen LogP contribution in [0.25, 0.3) is 5.52 Å². The molecule has 0 amide bonds. The van der Waals surface area contributed by atoms with E-state index in [4.69, 9.17) is 10.2 Å². The second-order valence-electron chi connectivity index (χ2n) is 3.25. The van der Waals surface area contributed by atoms with Crippen LogP contribution in [0.1, 0.15) is 21.6 Å². The molecule has 2 N–H and O–H groups in total. The van der Waals surface area contributed by atoms with Gasteiger partial charge in [0, 0.05) is 11.8 Å². The zero-order chi connectivity index (χ0) is 11.0. The summed E-state index contributed by atoms with van der Waals surface area (Å²) in [6, 6.07) is 3.40. The van der Waals surface area contributed by atoms with Crippen LogP contribution in [-0.2, 0) is 6.61 Å². The molecule has 5 nitrogen and oxygen atoms in total. The maximum Gasteiger partial charge on any atom is 0.339 e. The van der Waals surface area contributed by atoms with E-state index in [0.29, 0.717) is 16.8 Å². The Morgan fingerprint density at radius 3 is 2.93 bits per heavy atom. The minimum Gasteiger partial charge on any atom is -0.478 e. The largest absolute Gasteiger partial charge is 0.478 e. The number of fused-ring (bicyclic) bond motifs is 1. The van der Waals surface area contributed by atoms with Gasteiger partial charge < -0.3 is 10.2 Å². The number of pyridine rings is 1. The molecule has 2 heterocycles. The van der Waals surface area contributed by atoms with E-state index in [0.717, 1.165) is 0 Å². The van der Waals surface area contributed by atoms with Crippen molar-refractivity contribution in [2.45, 2.75) is 13.5 Å². The zero-order valence-corrected chi connectivity index (χ0v) is 8.14. The van der Waals surface area contributed by atoms with Gasteiger partial charge >= 0.3 is 5.97 Å². The fraction of sp³-hybridized carbons (Fsp3) is 0.200. The van der Waals surface area contributed by atoms with Gasteiger partial charge in [0.25, 0.3) is 0 Å². The number of carbonyl (C=O) groups is 1. The topological polar surface area (TPSA) is 74.8 Å². The summed E-state index contributed by atoms with van der Waals surface area (Å²) in [6.07, 6.45) is 1.66. The van der Waals surface area contributed by atoms with Gasteiger partial charge in [0.1, 0.15) is 5.56 Å². The number of aryl methyl sites for hydroxylation is 1. The summed E-state index contributed by atoms with van der Waals surface area (Å²) < 4.78 is 1.48. The van der Waals surface area contributed by atoms with Crippen molar-refractivity contribution in [3.8, 4) is 0 Å². The highest BCUT2D eigenvalue weighted by Crippen LogP contribution is 2.19. The number of aliphatic hydroxyl groups excluding tert-OH is 1. The molecule has 0 aromatic carbocycles. The quantitative estimate of drug-likeness (QED) is 0.763. The van der Waals surface area contributed by atoms with Gasteiger partial charge in [0.05, 0.1) is 17.8 Å². The molecule has 5 heteroatoms. The second kappa shape index (κ2) is 3.36. The van der Waals surface area contributed by atoms with Crippen molar-refractivity contribution in [3.63, 3.8) is 0 Å². The van der Waals surface area contributed by atoms with Crippen LogP contribution >= 0.6 is 0 Å². The van der Waals surface area contributed by atoms with Crippen molar-refractivity contribution in [2.24, 2.45) is 0 Å². The molecule has 2 aromatic heterocycles. The van der Waals surface area contributed by atoms with E-state index in [1.165, 1.54) is 4.52 Å². The van der Waals surface area contributed by atoms with E-state index in [1.54, 1.807) is 25.3 Å². The van der Waals surface area contributed by atoms with Crippen molar-refractivity contribution >= 4 is 11.5 Å². The van der Waals surface area contributed by atoms with Gasteiger partial charge in [-0.05, 0) is 13.0 Å². The normalized spacial score (nSPS) is 10.8. The minimum absolute atomic E-state index is 0.152. The highest BCUT2D eigenvalue weighted by Gasteiger charge is 2.18. The lowest BCUT2D eigenvalue weighted by Gasteiger charge is -2.00. The van der Waals surface area contributed by atoms with Gasteiger partial charge in [-0.25, -0.2) is 9.31 Å². The first-order chi connectivity index (χ1) is 7.15. The number of carboxylic acid groups (broad SMARTS) is 1. The van der Waals surface area contributed by atoms with Crippen molar-refractivity contribution in [1.29, 1.82) is 0 Å². The van der Waals surface area contributed by atoms with Crippen molar-refractivity contribution in [3.05, 3.63) is 35.2 Å². The van der Waals surface area contributed by atoms with E-state index in [1.807, 2.05) is 0 Å². The molecule has 0 radical (unpaired) electrons. The Labute approximate surface area is 85.6 Å². The first-order valence-electron chi connectivity index (χ1n) is 4.46. The lowest BCUT2D eigenvalue weighted by Crippen LogP contribution is -2.00. The zero-order valence-electron chi connectivity index (χ0n) is 8.14. The van der Waals surface area contributed by atoms with Crippen molar-refractivity contribution in [1.82, 2.24) is 9.61 Å². The average molecular weight is 206 g/mol. The number of rotatable bonds is 2. The minimum atomic E-state index is -1.02. The van der Waals surface area contributed by atoms with Gasteiger partial charge in [-0.3, -0.25) is 0 Å². The van der Waals surface area contributed by atoms with Gasteiger partial charge in [0.15, 0.2) is 0 Å². The first-order valence-corrected chi connectivity index (χ1v) is 4.46. The third-order valence-corrected chi connectivity index (χ3v) is 2.30. The SMILES string of the molecule is Cc1nn2cccc(CO)c2c1C(=O)O. The summed E-state index contributed by atoms with van der Waals surface area (Å²) in [5.41, 5.74) is 1.63. The standard InChI is InChI=1S/C10H10N2O3/c1-6-8(10(14)15)9-7(5-13)3-2-4-12(9)11-6/h2-4,13H,5H2,1H3,(H,14,15). The van der Waals surface area contributed by atoms with Crippen LogP contribution in [-0.4, -0.2) is 25.8 Å². The molecular formula is C10H10N2O3. The van der Waals surface area contributed by atoms with E-state index in [-0.39, 0.29) is 12.2 Å². The van der Waals surface area contributed by atoms with Crippen molar-refractivity contribution < 1.29 is 15.0 Å². The molecule has 78 valence electrons. The Balaban J connectivity index is 2.88. The Kier molecular flexibility index (Phi) is 2.17. The lowest BCUT2D eigenvalue weighted by molar-refractivity contribution is 0.0698. The number of carboxylic acids is 1. The number of hydrogen-bond acceptors (Lipinski definition) is 3. The first kappa shape index (κ1) is 9.67. The summed E-state index contributed by atoms with van der Waals surface area (Å²) in [4.78, 5) is 11.0. The number of aromatic carboxylic acids is 1. The summed E-state index contributed by atoms with van der Waals surface area (Å²) in [5, 5.41) is 22.2. The Morgan fingerprint density at radius 2 is 2.33 bits per heavy atom. The van der Waals surface area contributed by atoms with Crippen LogP contribution in [0.4, 0.5) is 0 Å². The highest BCUT2D eigenvalue weighted by molar-refractivity contribution is 5.97. The monoisotopic (exact) mass is 206 g/mol. The third-order valence-electron chi connectivity index (χ3n) is 2.30. The molecule has 0 aliphatic carbocycles. The molecule has 0 aliphatic heterocycles. The van der Waals surface area contributed by atoms with E-state index >= 15 is 0 Å². The number of hydrogen-bond donors (Lipinski definition) is 2. The molecule has 0 saturated carbocycles. The van der Waals surface area contributed by atoms with Crippen LogP contribution in [0.5, 0.6) is 0 Å². The average Bonchev–Trinajstić information content (AvgIpc) is 2.53. The Morgan fingerprint density at radius 1 is 1.60 bits per heavy atom. The highest BCUT2D eigenvalue weighted by atomic mass is 16.4. The molecular weight excluding hydrogens is 196 g/mol. The lowest BCUT2D eigenvalue weighted by atomic mass is 10.1. The fourth-order valence-electron chi connectivity index (χ4n) is 1.67. The van der Waals surface area contributed by atoms with Crippen molar-refractivity contribution in [2.75, 3.05) is 0 Å². The molecule has 0 unspecified atom stereocenters.